The maximum atomic E-state index is 12.3. The van der Waals surface area contributed by atoms with E-state index in [2.05, 4.69) is 0 Å². The fourth-order valence-electron chi connectivity index (χ4n) is 4.28. The summed E-state index contributed by atoms with van der Waals surface area (Å²) in [6.07, 6.45) is 1.44. The highest BCUT2D eigenvalue weighted by atomic mass is 16.5. The van der Waals surface area contributed by atoms with Crippen molar-refractivity contribution in [3.63, 3.8) is 0 Å². The van der Waals surface area contributed by atoms with Crippen molar-refractivity contribution in [2.75, 3.05) is 20.3 Å². The van der Waals surface area contributed by atoms with Gasteiger partial charge in [-0.1, -0.05) is 0 Å². The Labute approximate surface area is 134 Å². The number of aliphatic carboxylic acids is 1. The van der Waals surface area contributed by atoms with Gasteiger partial charge in [0, 0.05) is 13.0 Å². The number of hydrogen-bond donors (Lipinski definition) is 2. The largest absolute Gasteiger partial charge is 0.477 e. The molecular weight excluding hydrogens is 302 g/mol. The third-order valence-corrected chi connectivity index (χ3v) is 5.17. The number of hydrogen-bond acceptors (Lipinski definition) is 5. The molecular formula is C16H23NO6. The molecule has 2 heterocycles. The van der Waals surface area contributed by atoms with Crippen molar-refractivity contribution in [1.29, 1.82) is 0 Å². The normalized spacial score (nSPS) is 34.0. The van der Waals surface area contributed by atoms with Crippen molar-refractivity contribution in [3.8, 4) is 0 Å². The molecule has 2 fully saturated rings. The lowest BCUT2D eigenvalue weighted by Gasteiger charge is -2.47. The minimum atomic E-state index is -1.09. The van der Waals surface area contributed by atoms with Crippen LogP contribution in [0.5, 0.6) is 0 Å². The smallest absolute Gasteiger partial charge is 0.352 e. The Morgan fingerprint density at radius 2 is 2.13 bits per heavy atom. The summed E-state index contributed by atoms with van der Waals surface area (Å²) in [5, 5.41) is 19.5. The predicted molar refractivity (Wildman–Crippen MR) is 79.4 cm³/mol. The summed E-state index contributed by atoms with van der Waals surface area (Å²) in [7, 11) is 1.59. The zero-order valence-electron chi connectivity index (χ0n) is 13.4. The van der Waals surface area contributed by atoms with Gasteiger partial charge < -0.3 is 24.6 Å². The molecule has 0 radical (unpaired) electrons. The van der Waals surface area contributed by atoms with Gasteiger partial charge in [0.1, 0.15) is 5.70 Å². The van der Waals surface area contributed by atoms with Gasteiger partial charge in [-0.25, -0.2) is 4.79 Å². The number of nitrogens with zero attached hydrogens (tertiary/aromatic N) is 1. The van der Waals surface area contributed by atoms with Crippen molar-refractivity contribution < 1.29 is 29.3 Å². The number of aliphatic hydroxyl groups excluding tert-OH is 1. The van der Waals surface area contributed by atoms with Crippen LogP contribution in [-0.4, -0.2) is 65.6 Å². The van der Waals surface area contributed by atoms with Gasteiger partial charge in [-0.15, -0.1) is 0 Å². The molecule has 2 N–H and O–H groups in total. The number of aliphatic hydroxyl groups is 1. The summed E-state index contributed by atoms with van der Waals surface area (Å²) in [6.45, 7) is 2.43. The number of carboxylic acids is 1. The van der Waals surface area contributed by atoms with Gasteiger partial charge in [-0.3, -0.25) is 4.79 Å². The van der Waals surface area contributed by atoms with Crippen molar-refractivity contribution in [2.45, 2.75) is 44.4 Å². The SMILES string of the molecule is COCCO[C@H]1CCC[C@@H]2C1=C(C(=O)O)N1C(=O)[C@H]([C@@H](C)O)[C@@H]21. The molecule has 3 aliphatic rings. The zero-order valence-corrected chi connectivity index (χ0v) is 13.4. The lowest BCUT2D eigenvalue weighted by molar-refractivity contribution is -0.163. The first kappa shape index (κ1) is 16.4. The molecule has 1 saturated heterocycles. The average molecular weight is 325 g/mol. The number of carboxylic acid groups (broad SMARTS) is 1. The highest BCUT2D eigenvalue weighted by Crippen LogP contribution is 2.52. The Bertz CT molecular complexity index is 543. The van der Waals surface area contributed by atoms with Gasteiger partial charge in [-0.05, 0) is 31.8 Å². The van der Waals surface area contributed by atoms with E-state index in [0.717, 1.165) is 24.8 Å². The minimum absolute atomic E-state index is 0.0281. The van der Waals surface area contributed by atoms with Crippen molar-refractivity contribution in [2.24, 2.45) is 11.8 Å². The van der Waals surface area contributed by atoms with E-state index in [4.69, 9.17) is 9.47 Å². The van der Waals surface area contributed by atoms with Crippen LogP contribution < -0.4 is 0 Å². The lowest BCUT2D eigenvalue weighted by Crippen LogP contribution is -2.64. The molecule has 7 heteroatoms. The molecule has 0 aromatic heterocycles. The third-order valence-electron chi connectivity index (χ3n) is 5.17. The lowest BCUT2D eigenvalue weighted by atomic mass is 9.71. The van der Waals surface area contributed by atoms with Gasteiger partial charge in [0.2, 0.25) is 5.91 Å². The molecule has 1 aliphatic carbocycles. The average Bonchev–Trinajstić information content (AvgIpc) is 2.79. The first-order valence-electron chi connectivity index (χ1n) is 8.08. The molecule has 0 aromatic rings. The number of ether oxygens (including phenoxy) is 2. The molecule has 7 nitrogen and oxygen atoms in total. The van der Waals surface area contributed by atoms with E-state index in [9.17, 15) is 19.8 Å². The van der Waals surface area contributed by atoms with Crippen LogP contribution in [0, 0.1) is 11.8 Å². The Hall–Kier alpha value is -1.44. The van der Waals surface area contributed by atoms with E-state index in [0.29, 0.717) is 13.2 Å². The number of β-lactam (4-membered cyclic amide) rings is 1. The molecule has 0 spiro atoms. The van der Waals surface area contributed by atoms with Crippen LogP contribution in [0.15, 0.2) is 11.3 Å². The number of fused-ring (bicyclic) bond motifs is 3. The van der Waals surface area contributed by atoms with Gasteiger partial charge >= 0.3 is 5.97 Å². The van der Waals surface area contributed by atoms with Crippen molar-refractivity contribution >= 4 is 11.9 Å². The van der Waals surface area contributed by atoms with E-state index in [1.54, 1.807) is 14.0 Å². The number of amides is 1. The van der Waals surface area contributed by atoms with E-state index < -0.39 is 18.0 Å². The highest BCUT2D eigenvalue weighted by Gasteiger charge is 2.62. The maximum absolute atomic E-state index is 12.3. The van der Waals surface area contributed by atoms with Crippen LogP contribution in [0.1, 0.15) is 26.2 Å². The number of rotatable bonds is 6. The standard InChI is InChI=1S/C16H23NO6/c1-8(18)11-13-9-4-3-5-10(23-7-6-22-2)12(9)14(16(20)21)17(13)15(11)19/h8-11,13,18H,3-7H2,1-2H3,(H,20,21)/t8-,9-,10+,11-,13-/m1/s1. The van der Waals surface area contributed by atoms with E-state index in [1.807, 2.05) is 0 Å². The third kappa shape index (κ3) is 2.47. The summed E-state index contributed by atoms with van der Waals surface area (Å²) in [4.78, 5) is 25.4. The minimum Gasteiger partial charge on any atom is -0.477 e. The summed E-state index contributed by atoms with van der Waals surface area (Å²) in [5.74, 6) is -1.92. The summed E-state index contributed by atoms with van der Waals surface area (Å²) in [5.41, 5.74) is 0.797. The van der Waals surface area contributed by atoms with Crippen LogP contribution in [0.2, 0.25) is 0 Å². The van der Waals surface area contributed by atoms with Crippen molar-refractivity contribution in [1.82, 2.24) is 4.90 Å². The maximum Gasteiger partial charge on any atom is 0.352 e. The quantitative estimate of drug-likeness (QED) is 0.541. The second-order valence-electron chi connectivity index (χ2n) is 6.46. The van der Waals surface area contributed by atoms with Crippen LogP contribution in [0.4, 0.5) is 0 Å². The molecule has 5 atom stereocenters. The second-order valence-corrected chi connectivity index (χ2v) is 6.46. The van der Waals surface area contributed by atoms with Gasteiger partial charge in [0.25, 0.3) is 0 Å². The fraction of sp³-hybridized carbons (Fsp3) is 0.750. The Morgan fingerprint density at radius 3 is 2.74 bits per heavy atom. The van der Waals surface area contributed by atoms with Crippen LogP contribution in [0.25, 0.3) is 0 Å². The van der Waals surface area contributed by atoms with Crippen molar-refractivity contribution in [3.05, 3.63) is 11.3 Å². The first-order chi connectivity index (χ1) is 11.0. The van der Waals surface area contributed by atoms with E-state index in [1.165, 1.54) is 4.90 Å². The Balaban J connectivity index is 1.91. The van der Waals surface area contributed by atoms with Crippen LogP contribution in [0.3, 0.4) is 0 Å². The van der Waals surface area contributed by atoms with Crippen LogP contribution >= 0.6 is 0 Å². The van der Waals surface area contributed by atoms with E-state index in [-0.39, 0.29) is 29.7 Å². The fourth-order valence-corrected chi connectivity index (χ4v) is 4.28. The Morgan fingerprint density at radius 1 is 1.39 bits per heavy atom. The van der Waals surface area contributed by atoms with E-state index >= 15 is 0 Å². The molecule has 23 heavy (non-hydrogen) atoms. The predicted octanol–water partition coefficient (Wildman–Crippen LogP) is 0.378. The van der Waals surface area contributed by atoms with Crippen LogP contribution in [-0.2, 0) is 19.1 Å². The molecule has 1 amide bonds. The molecule has 3 rings (SSSR count). The molecule has 0 unspecified atom stereocenters. The van der Waals surface area contributed by atoms with Gasteiger partial charge in [0.15, 0.2) is 0 Å². The monoisotopic (exact) mass is 325 g/mol. The summed E-state index contributed by atoms with van der Waals surface area (Å²) < 4.78 is 10.8. The zero-order chi connectivity index (χ0) is 16.7. The summed E-state index contributed by atoms with van der Waals surface area (Å²) >= 11 is 0. The number of carbonyl (C=O) groups excluding carboxylic acids is 1. The second kappa shape index (κ2) is 6.22. The van der Waals surface area contributed by atoms with Gasteiger partial charge in [-0.2, -0.15) is 0 Å². The molecule has 2 aliphatic heterocycles. The Kier molecular flexibility index (Phi) is 4.44. The number of carbonyl (C=O) groups is 2. The summed E-state index contributed by atoms with van der Waals surface area (Å²) in [6, 6.07) is -0.238. The molecule has 0 bridgehead atoms. The molecule has 1 saturated carbocycles. The first-order valence-corrected chi connectivity index (χ1v) is 8.08. The molecule has 0 aromatic carbocycles. The number of methoxy groups -OCH3 is 1. The highest BCUT2D eigenvalue weighted by molar-refractivity contribution is 6.00. The topological polar surface area (TPSA) is 96.3 Å². The van der Waals surface area contributed by atoms with Gasteiger partial charge in [0.05, 0.1) is 37.4 Å². The molecule has 128 valence electrons.